The molecule has 0 aliphatic rings. The van der Waals surface area contributed by atoms with Crippen molar-refractivity contribution in [3.63, 3.8) is 0 Å². The predicted molar refractivity (Wildman–Crippen MR) is 72.8 cm³/mol. The van der Waals surface area contributed by atoms with Gasteiger partial charge in [-0.25, -0.2) is 0 Å². The monoisotopic (exact) mass is 270 g/mol. The molecule has 90 valence electrons. The number of benzene rings is 1. The van der Waals surface area contributed by atoms with Crippen LogP contribution in [0.5, 0.6) is 0 Å². The minimum absolute atomic E-state index is 0.0244. The second-order valence-electron chi connectivity index (χ2n) is 3.10. The summed E-state index contributed by atoms with van der Waals surface area (Å²) in [6, 6.07) is 4.43. The van der Waals surface area contributed by atoms with E-state index >= 15 is 0 Å². The SMILES string of the molecule is C#CCSCCNc1cc(Cl)ccc1[N+](=O)[O-]. The van der Waals surface area contributed by atoms with E-state index < -0.39 is 4.92 Å². The predicted octanol–water partition coefficient (Wildman–Crippen LogP) is 3.03. The number of halogens is 1. The van der Waals surface area contributed by atoms with Gasteiger partial charge in [-0.3, -0.25) is 10.1 Å². The largest absolute Gasteiger partial charge is 0.379 e. The Morgan fingerprint density at radius 3 is 3.00 bits per heavy atom. The van der Waals surface area contributed by atoms with Crippen molar-refractivity contribution < 1.29 is 4.92 Å². The van der Waals surface area contributed by atoms with Gasteiger partial charge >= 0.3 is 0 Å². The van der Waals surface area contributed by atoms with Crippen molar-refractivity contribution >= 4 is 34.7 Å². The molecule has 17 heavy (non-hydrogen) atoms. The van der Waals surface area contributed by atoms with E-state index in [1.807, 2.05) is 0 Å². The van der Waals surface area contributed by atoms with E-state index in [1.54, 1.807) is 17.8 Å². The fourth-order valence-corrected chi connectivity index (χ4v) is 1.88. The molecule has 0 fully saturated rings. The number of nitro benzene ring substituents is 1. The van der Waals surface area contributed by atoms with Crippen molar-refractivity contribution in [2.24, 2.45) is 0 Å². The molecular formula is C11H11ClN2O2S. The number of nitrogens with zero attached hydrogens (tertiary/aromatic N) is 1. The lowest BCUT2D eigenvalue weighted by Crippen LogP contribution is -2.06. The van der Waals surface area contributed by atoms with E-state index in [0.29, 0.717) is 23.0 Å². The Morgan fingerprint density at radius 1 is 1.59 bits per heavy atom. The molecule has 0 amide bonds. The number of anilines is 1. The highest BCUT2D eigenvalue weighted by molar-refractivity contribution is 7.99. The van der Waals surface area contributed by atoms with E-state index in [-0.39, 0.29) is 5.69 Å². The van der Waals surface area contributed by atoms with Crippen molar-refractivity contribution in [2.75, 3.05) is 23.4 Å². The molecule has 4 nitrogen and oxygen atoms in total. The molecule has 1 rings (SSSR count). The van der Waals surface area contributed by atoms with Crippen molar-refractivity contribution in [3.05, 3.63) is 33.3 Å². The Balaban J connectivity index is 2.60. The summed E-state index contributed by atoms with van der Waals surface area (Å²) in [5.74, 6) is 3.93. The molecule has 0 aliphatic heterocycles. The van der Waals surface area contributed by atoms with Gasteiger partial charge in [0.15, 0.2) is 0 Å². The molecule has 0 unspecified atom stereocenters. The first-order chi connectivity index (χ1) is 8.15. The number of nitrogens with one attached hydrogen (secondary N) is 1. The van der Waals surface area contributed by atoms with Crippen LogP contribution in [0.1, 0.15) is 0 Å². The van der Waals surface area contributed by atoms with Gasteiger partial charge in [0.05, 0.1) is 10.7 Å². The lowest BCUT2D eigenvalue weighted by Gasteiger charge is -2.06. The Kier molecular flexibility index (Phi) is 5.67. The lowest BCUT2D eigenvalue weighted by atomic mass is 10.2. The van der Waals surface area contributed by atoms with Crippen LogP contribution in [0, 0.1) is 22.5 Å². The second kappa shape index (κ2) is 7.05. The first kappa shape index (κ1) is 13.7. The van der Waals surface area contributed by atoms with Crippen LogP contribution in [-0.2, 0) is 0 Å². The topological polar surface area (TPSA) is 55.2 Å². The molecule has 0 spiro atoms. The summed E-state index contributed by atoms with van der Waals surface area (Å²) in [5.41, 5.74) is 0.458. The number of hydrogen-bond donors (Lipinski definition) is 1. The smallest absolute Gasteiger partial charge is 0.292 e. The van der Waals surface area contributed by atoms with Crippen LogP contribution in [0.2, 0.25) is 5.02 Å². The van der Waals surface area contributed by atoms with Crippen molar-refractivity contribution in [2.45, 2.75) is 0 Å². The van der Waals surface area contributed by atoms with E-state index in [9.17, 15) is 10.1 Å². The molecule has 0 aliphatic carbocycles. The Hall–Kier alpha value is -1.38. The minimum Gasteiger partial charge on any atom is -0.379 e. The number of terminal acetylenes is 1. The molecule has 0 bridgehead atoms. The zero-order valence-electron chi connectivity index (χ0n) is 8.98. The summed E-state index contributed by atoms with van der Waals surface area (Å²) in [7, 11) is 0. The average molecular weight is 271 g/mol. The molecule has 1 aromatic carbocycles. The second-order valence-corrected chi connectivity index (χ2v) is 4.64. The molecule has 1 aromatic rings. The Labute approximate surface area is 109 Å². The summed E-state index contributed by atoms with van der Waals surface area (Å²) < 4.78 is 0. The van der Waals surface area contributed by atoms with Crippen LogP contribution in [-0.4, -0.2) is 23.0 Å². The first-order valence-corrected chi connectivity index (χ1v) is 6.37. The van der Waals surface area contributed by atoms with E-state index in [1.165, 1.54) is 12.1 Å². The molecule has 6 heteroatoms. The maximum absolute atomic E-state index is 10.8. The van der Waals surface area contributed by atoms with Crippen LogP contribution in [0.3, 0.4) is 0 Å². The van der Waals surface area contributed by atoms with E-state index in [0.717, 1.165) is 5.75 Å². The average Bonchev–Trinajstić information content (AvgIpc) is 2.28. The van der Waals surface area contributed by atoms with Crippen LogP contribution in [0.25, 0.3) is 0 Å². The quantitative estimate of drug-likeness (QED) is 0.374. The van der Waals surface area contributed by atoms with Gasteiger partial charge in [0.1, 0.15) is 5.69 Å². The maximum Gasteiger partial charge on any atom is 0.292 e. The van der Waals surface area contributed by atoms with Gasteiger partial charge in [0.2, 0.25) is 0 Å². The third kappa shape index (κ3) is 4.55. The van der Waals surface area contributed by atoms with Crippen LogP contribution >= 0.6 is 23.4 Å². The zero-order chi connectivity index (χ0) is 12.7. The molecule has 0 heterocycles. The summed E-state index contributed by atoms with van der Waals surface area (Å²) in [6.07, 6.45) is 5.11. The van der Waals surface area contributed by atoms with Crippen LogP contribution < -0.4 is 5.32 Å². The molecule has 0 saturated heterocycles. The maximum atomic E-state index is 10.8. The number of nitro groups is 1. The number of rotatable bonds is 6. The standard InChI is InChI=1S/C11H11ClN2O2S/c1-2-6-17-7-5-13-10-8-9(12)3-4-11(10)14(15)16/h1,3-4,8,13H,5-7H2. The van der Waals surface area contributed by atoms with Gasteiger partial charge in [-0.2, -0.15) is 0 Å². The van der Waals surface area contributed by atoms with Gasteiger partial charge in [-0.1, -0.05) is 17.5 Å². The van der Waals surface area contributed by atoms with Gasteiger partial charge in [-0.05, 0) is 12.1 Å². The van der Waals surface area contributed by atoms with Crippen LogP contribution in [0.4, 0.5) is 11.4 Å². The summed E-state index contributed by atoms with van der Waals surface area (Å²) in [4.78, 5) is 10.3. The summed E-state index contributed by atoms with van der Waals surface area (Å²) in [6.45, 7) is 0.605. The van der Waals surface area contributed by atoms with Crippen molar-refractivity contribution in [1.29, 1.82) is 0 Å². The van der Waals surface area contributed by atoms with E-state index in [2.05, 4.69) is 11.2 Å². The Bertz CT molecular complexity index is 446. The Morgan fingerprint density at radius 2 is 2.35 bits per heavy atom. The zero-order valence-corrected chi connectivity index (χ0v) is 10.6. The fourth-order valence-electron chi connectivity index (χ4n) is 1.20. The molecule has 0 radical (unpaired) electrons. The summed E-state index contributed by atoms with van der Waals surface area (Å²) in [5, 5.41) is 14.2. The highest BCUT2D eigenvalue weighted by atomic mass is 35.5. The number of thioether (sulfide) groups is 1. The van der Waals surface area contributed by atoms with Gasteiger partial charge < -0.3 is 5.32 Å². The molecule has 0 saturated carbocycles. The third-order valence-corrected chi connectivity index (χ3v) is 3.00. The molecule has 0 atom stereocenters. The molecule has 1 N–H and O–H groups in total. The van der Waals surface area contributed by atoms with E-state index in [4.69, 9.17) is 18.0 Å². The van der Waals surface area contributed by atoms with Gasteiger partial charge in [-0.15, -0.1) is 18.2 Å². The highest BCUT2D eigenvalue weighted by Gasteiger charge is 2.12. The van der Waals surface area contributed by atoms with Crippen LogP contribution in [0.15, 0.2) is 18.2 Å². The van der Waals surface area contributed by atoms with Gasteiger partial charge in [0.25, 0.3) is 5.69 Å². The molecular weight excluding hydrogens is 260 g/mol. The van der Waals surface area contributed by atoms with Gasteiger partial charge in [0, 0.05) is 23.4 Å². The highest BCUT2D eigenvalue weighted by Crippen LogP contribution is 2.27. The minimum atomic E-state index is -0.437. The third-order valence-electron chi connectivity index (χ3n) is 1.90. The van der Waals surface area contributed by atoms with Crippen molar-refractivity contribution in [3.8, 4) is 12.3 Å². The van der Waals surface area contributed by atoms with Crippen molar-refractivity contribution in [1.82, 2.24) is 0 Å². The molecule has 0 aromatic heterocycles. The summed E-state index contributed by atoms with van der Waals surface area (Å²) >= 11 is 7.38. The number of hydrogen-bond acceptors (Lipinski definition) is 4. The normalized spacial score (nSPS) is 9.65. The lowest BCUT2D eigenvalue weighted by molar-refractivity contribution is -0.384. The fraction of sp³-hybridized carbons (Fsp3) is 0.273. The first-order valence-electron chi connectivity index (χ1n) is 4.84.